The van der Waals surface area contributed by atoms with E-state index in [1.165, 1.54) is 16.7 Å². The Morgan fingerprint density at radius 1 is 1.12 bits per heavy atom. The van der Waals surface area contributed by atoms with E-state index in [1.807, 2.05) is 19.1 Å². The smallest absolute Gasteiger partial charge is 0.194 e. The van der Waals surface area contributed by atoms with Gasteiger partial charge in [-0.25, -0.2) is 0 Å². The van der Waals surface area contributed by atoms with Gasteiger partial charge in [0.1, 0.15) is 0 Å². The van der Waals surface area contributed by atoms with E-state index in [9.17, 15) is 4.79 Å². The van der Waals surface area contributed by atoms with E-state index in [0.29, 0.717) is 6.54 Å². The molecule has 0 radical (unpaired) electrons. The van der Waals surface area contributed by atoms with Gasteiger partial charge in [0.15, 0.2) is 5.43 Å². The van der Waals surface area contributed by atoms with Crippen molar-refractivity contribution in [2.24, 2.45) is 0 Å². The lowest BCUT2D eigenvalue weighted by molar-refractivity contribution is 0.244. The summed E-state index contributed by atoms with van der Waals surface area (Å²) in [6, 6.07) is 14.8. The fourth-order valence-corrected chi connectivity index (χ4v) is 3.82. The van der Waals surface area contributed by atoms with Crippen LogP contribution in [0.5, 0.6) is 0 Å². The van der Waals surface area contributed by atoms with E-state index >= 15 is 0 Å². The van der Waals surface area contributed by atoms with Crippen molar-refractivity contribution < 1.29 is 0 Å². The average Bonchev–Trinajstić information content (AvgIpc) is 2.65. The van der Waals surface area contributed by atoms with E-state index in [4.69, 9.17) is 0 Å². The van der Waals surface area contributed by atoms with Crippen molar-refractivity contribution >= 4 is 10.9 Å². The Hall–Kier alpha value is -2.39. The third-order valence-corrected chi connectivity index (χ3v) is 5.38. The van der Waals surface area contributed by atoms with Crippen LogP contribution >= 0.6 is 0 Å². The summed E-state index contributed by atoms with van der Waals surface area (Å²) in [4.78, 5) is 18.9. The van der Waals surface area contributed by atoms with Gasteiger partial charge in [-0.2, -0.15) is 0 Å². The zero-order chi connectivity index (χ0) is 17.4. The molecule has 0 fully saturated rings. The largest absolute Gasteiger partial charge is 0.358 e. The van der Waals surface area contributed by atoms with Crippen LogP contribution in [0.3, 0.4) is 0 Å². The lowest BCUT2D eigenvalue weighted by Gasteiger charge is -2.29. The fraction of sp³-hybridized carbons (Fsp3) is 0.318. The Balaban J connectivity index is 1.69. The predicted octanol–water partition coefficient (Wildman–Crippen LogP) is 3.96. The molecule has 0 saturated carbocycles. The molecule has 128 valence electrons. The first-order valence-corrected chi connectivity index (χ1v) is 9.09. The van der Waals surface area contributed by atoms with Crippen LogP contribution in [0.15, 0.2) is 47.3 Å². The molecular weight excluding hydrogens is 308 g/mol. The zero-order valence-corrected chi connectivity index (χ0v) is 14.9. The molecule has 0 amide bonds. The number of pyridine rings is 1. The summed E-state index contributed by atoms with van der Waals surface area (Å²) in [5.74, 6) is 0. The molecule has 0 bridgehead atoms. The van der Waals surface area contributed by atoms with Gasteiger partial charge < -0.3 is 4.98 Å². The highest BCUT2D eigenvalue weighted by Gasteiger charge is 2.18. The van der Waals surface area contributed by atoms with Gasteiger partial charge in [-0.05, 0) is 48.6 Å². The molecule has 0 saturated heterocycles. The van der Waals surface area contributed by atoms with Gasteiger partial charge in [0.05, 0.1) is 0 Å². The minimum absolute atomic E-state index is 0.181. The van der Waals surface area contributed by atoms with E-state index in [0.717, 1.165) is 48.1 Å². The van der Waals surface area contributed by atoms with E-state index < -0.39 is 0 Å². The van der Waals surface area contributed by atoms with Crippen LogP contribution in [0, 0.1) is 6.92 Å². The number of H-pyrrole nitrogens is 1. The normalized spacial score (nSPS) is 14.6. The van der Waals surface area contributed by atoms with Crippen molar-refractivity contribution in [3.05, 3.63) is 80.6 Å². The highest BCUT2D eigenvalue weighted by molar-refractivity contribution is 5.80. The molecule has 0 unspecified atom stereocenters. The predicted molar refractivity (Wildman–Crippen MR) is 103 cm³/mol. The minimum Gasteiger partial charge on any atom is -0.358 e. The van der Waals surface area contributed by atoms with Gasteiger partial charge in [-0.3, -0.25) is 9.69 Å². The third kappa shape index (κ3) is 3.00. The van der Waals surface area contributed by atoms with Crippen LogP contribution in [-0.4, -0.2) is 16.4 Å². The molecule has 1 N–H and O–H groups in total. The standard InChI is InChI=1S/C22H24N2O/c1-3-16-8-9-21-19(12-16)22(25)20(15(2)23-21)14-24-11-10-17-6-4-5-7-18(17)13-24/h4-9,12H,3,10-11,13-14H2,1-2H3,(H,23,25). The number of aromatic nitrogens is 1. The summed E-state index contributed by atoms with van der Waals surface area (Å²) < 4.78 is 0. The highest BCUT2D eigenvalue weighted by Crippen LogP contribution is 2.21. The molecule has 0 aliphatic carbocycles. The van der Waals surface area contributed by atoms with E-state index in [-0.39, 0.29) is 5.43 Å². The first-order valence-electron chi connectivity index (χ1n) is 9.09. The highest BCUT2D eigenvalue weighted by atomic mass is 16.1. The molecule has 4 rings (SSSR count). The SMILES string of the molecule is CCc1ccc2[nH]c(C)c(CN3CCc4ccccc4C3)c(=O)c2c1. The van der Waals surface area contributed by atoms with Crippen LogP contribution in [0.2, 0.25) is 0 Å². The van der Waals surface area contributed by atoms with Crippen LogP contribution in [0.1, 0.15) is 34.9 Å². The second-order valence-corrected chi connectivity index (χ2v) is 7.02. The Morgan fingerprint density at radius 3 is 2.72 bits per heavy atom. The van der Waals surface area contributed by atoms with Crippen LogP contribution in [0.25, 0.3) is 10.9 Å². The summed E-state index contributed by atoms with van der Waals surface area (Å²) in [5, 5.41) is 0.817. The summed E-state index contributed by atoms with van der Waals surface area (Å²) in [7, 11) is 0. The van der Waals surface area contributed by atoms with Crippen molar-refractivity contribution in [3.8, 4) is 0 Å². The number of aromatic amines is 1. The molecule has 25 heavy (non-hydrogen) atoms. The molecule has 1 aliphatic heterocycles. The average molecular weight is 332 g/mol. The molecule has 0 atom stereocenters. The van der Waals surface area contributed by atoms with Crippen LogP contribution in [0.4, 0.5) is 0 Å². The molecular formula is C22H24N2O. The van der Waals surface area contributed by atoms with Gasteiger partial charge in [0, 0.05) is 41.8 Å². The maximum atomic E-state index is 13.1. The monoisotopic (exact) mass is 332 g/mol. The minimum atomic E-state index is 0.181. The lowest BCUT2D eigenvalue weighted by Crippen LogP contribution is -2.32. The molecule has 3 nitrogen and oxygen atoms in total. The van der Waals surface area contributed by atoms with Gasteiger partial charge >= 0.3 is 0 Å². The molecule has 3 heteroatoms. The Labute approximate surface area is 148 Å². The summed E-state index contributed by atoms with van der Waals surface area (Å²) in [5.41, 5.74) is 7.04. The molecule has 2 aromatic carbocycles. The quantitative estimate of drug-likeness (QED) is 0.788. The second kappa shape index (κ2) is 6.49. The summed E-state index contributed by atoms with van der Waals surface area (Å²) >= 11 is 0. The Bertz CT molecular complexity index is 987. The zero-order valence-electron chi connectivity index (χ0n) is 14.9. The Kier molecular flexibility index (Phi) is 4.18. The third-order valence-electron chi connectivity index (χ3n) is 5.38. The number of rotatable bonds is 3. The van der Waals surface area contributed by atoms with Gasteiger partial charge in [-0.15, -0.1) is 0 Å². The first kappa shape index (κ1) is 16.1. The second-order valence-electron chi connectivity index (χ2n) is 7.02. The van der Waals surface area contributed by atoms with Gasteiger partial charge in [-0.1, -0.05) is 37.3 Å². The number of hydrogen-bond donors (Lipinski definition) is 1. The lowest BCUT2D eigenvalue weighted by atomic mass is 9.99. The molecule has 3 aromatic rings. The van der Waals surface area contributed by atoms with Crippen LogP contribution in [-0.2, 0) is 25.9 Å². The number of nitrogens with zero attached hydrogens (tertiary/aromatic N) is 1. The number of aryl methyl sites for hydroxylation is 2. The number of fused-ring (bicyclic) bond motifs is 2. The number of nitrogens with one attached hydrogen (secondary N) is 1. The van der Waals surface area contributed by atoms with Crippen molar-refractivity contribution in [3.63, 3.8) is 0 Å². The molecule has 1 aliphatic rings. The number of benzene rings is 2. The van der Waals surface area contributed by atoms with E-state index in [2.05, 4.69) is 47.1 Å². The maximum Gasteiger partial charge on any atom is 0.194 e. The fourth-order valence-electron chi connectivity index (χ4n) is 3.82. The molecule has 2 heterocycles. The van der Waals surface area contributed by atoms with E-state index in [1.54, 1.807) is 0 Å². The van der Waals surface area contributed by atoms with Crippen molar-refractivity contribution in [2.75, 3.05) is 6.54 Å². The molecule has 0 spiro atoms. The first-order chi connectivity index (χ1) is 12.2. The van der Waals surface area contributed by atoms with Crippen molar-refractivity contribution in [2.45, 2.75) is 39.8 Å². The van der Waals surface area contributed by atoms with Crippen molar-refractivity contribution in [1.29, 1.82) is 0 Å². The van der Waals surface area contributed by atoms with Gasteiger partial charge in [0.2, 0.25) is 0 Å². The summed E-state index contributed by atoms with van der Waals surface area (Å²) in [6.07, 6.45) is 2.00. The topological polar surface area (TPSA) is 36.1 Å². The summed E-state index contributed by atoms with van der Waals surface area (Å²) in [6.45, 7) is 6.77. The Morgan fingerprint density at radius 2 is 1.92 bits per heavy atom. The van der Waals surface area contributed by atoms with Gasteiger partial charge in [0.25, 0.3) is 0 Å². The molecule has 1 aromatic heterocycles. The maximum absolute atomic E-state index is 13.1. The van der Waals surface area contributed by atoms with Crippen molar-refractivity contribution in [1.82, 2.24) is 9.88 Å². The number of hydrogen-bond acceptors (Lipinski definition) is 2. The van der Waals surface area contributed by atoms with Crippen LogP contribution < -0.4 is 5.43 Å².